The van der Waals surface area contributed by atoms with E-state index in [4.69, 9.17) is 4.74 Å². The highest BCUT2D eigenvalue weighted by Gasteiger charge is 2.21. The number of rotatable bonds is 5. The Morgan fingerprint density at radius 1 is 1.22 bits per heavy atom. The SMILES string of the molecule is O=C1CCC(COc2nccc3cc4c(=O)[nH]cc(CC(F)F)c4cc23)N1. The van der Waals surface area contributed by atoms with Crippen LogP contribution in [0.25, 0.3) is 21.5 Å². The Kier molecular flexibility index (Phi) is 4.47. The van der Waals surface area contributed by atoms with Crippen molar-refractivity contribution in [1.82, 2.24) is 15.3 Å². The number of carbonyl (C=O) groups is 1. The number of alkyl halides is 2. The number of H-pyrrole nitrogens is 1. The number of hydrogen-bond donors (Lipinski definition) is 2. The number of halogens is 2. The minimum atomic E-state index is -2.52. The van der Waals surface area contributed by atoms with Crippen molar-refractivity contribution in [3.63, 3.8) is 0 Å². The lowest BCUT2D eigenvalue weighted by molar-refractivity contribution is -0.119. The molecule has 3 aromatic rings. The molecule has 2 N–H and O–H groups in total. The molecule has 0 radical (unpaired) electrons. The molecule has 1 atom stereocenters. The number of pyridine rings is 2. The van der Waals surface area contributed by atoms with Crippen molar-refractivity contribution >= 4 is 27.5 Å². The molecule has 1 amide bonds. The van der Waals surface area contributed by atoms with Crippen LogP contribution in [0, 0.1) is 0 Å². The van der Waals surface area contributed by atoms with Gasteiger partial charge in [0, 0.05) is 36.0 Å². The van der Waals surface area contributed by atoms with Gasteiger partial charge in [0.05, 0.1) is 6.04 Å². The van der Waals surface area contributed by atoms with Gasteiger partial charge in [-0.2, -0.15) is 0 Å². The lowest BCUT2D eigenvalue weighted by Crippen LogP contribution is -2.31. The summed E-state index contributed by atoms with van der Waals surface area (Å²) in [7, 11) is 0. The molecule has 140 valence electrons. The van der Waals surface area contributed by atoms with Gasteiger partial charge < -0.3 is 15.0 Å². The summed E-state index contributed by atoms with van der Waals surface area (Å²) in [5.74, 6) is 0.343. The third-order valence-electron chi connectivity index (χ3n) is 4.71. The molecule has 0 aliphatic carbocycles. The first-order chi connectivity index (χ1) is 13.0. The third kappa shape index (κ3) is 3.47. The van der Waals surface area contributed by atoms with E-state index < -0.39 is 12.8 Å². The molecule has 1 saturated heterocycles. The number of amides is 1. The van der Waals surface area contributed by atoms with Gasteiger partial charge in [0.25, 0.3) is 5.56 Å². The van der Waals surface area contributed by atoms with Crippen molar-refractivity contribution in [1.29, 1.82) is 0 Å². The average Bonchev–Trinajstić information content (AvgIpc) is 3.06. The fourth-order valence-corrected chi connectivity index (χ4v) is 3.39. The summed E-state index contributed by atoms with van der Waals surface area (Å²) in [4.78, 5) is 30.2. The van der Waals surface area contributed by atoms with Crippen LogP contribution in [0.15, 0.2) is 35.4 Å². The topological polar surface area (TPSA) is 84.1 Å². The van der Waals surface area contributed by atoms with Gasteiger partial charge in [-0.15, -0.1) is 0 Å². The number of aromatic nitrogens is 2. The smallest absolute Gasteiger partial charge is 0.255 e. The molecule has 4 rings (SSSR count). The van der Waals surface area contributed by atoms with E-state index in [-0.39, 0.29) is 24.1 Å². The number of carbonyl (C=O) groups excluding carboxylic acids is 1. The zero-order chi connectivity index (χ0) is 19.0. The maximum absolute atomic E-state index is 12.9. The number of benzene rings is 1. The zero-order valence-electron chi connectivity index (χ0n) is 14.3. The van der Waals surface area contributed by atoms with Gasteiger partial charge in [-0.05, 0) is 41.0 Å². The van der Waals surface area contributed by atoms with E-state index >= 15 is 0 Å². The zero-order valence-corrected chi connectivity index (χ0v) is 14.3. The molecular formula is C19H17F2N3O3. The molecule has 2 aromatic heterocycles. The van der Waals surface area contributed by atoms with Gasteiger partial charge in [0.1, 0.15) is 6.61 Å². The number of fused-ring (bicyclic) bond motifs is 2. The average molecular weight is 373 g/mol. The third-order valence-corrected chi connectivity index (χ3v) is 4.71. The molecule has 0 saturated carbocycles. The predicted octanol–water partition coefficient (Wildman–Crippen LogP) is 2.54. The summed E-state index contributed by atoms with van der Waals surface area (Å²) in [5.41, 5.74) is 0.0252. The van der Waals surface area contributed by atoms with Crippen molar-refractivity contribution in [2.24, 2.45) is 0 Å². The second-order valence-electron chi connectivity index (χ2n) is 6.59. The van der Waals surface area contributed by atoms with E-state index in [0.29, 0.717) is 40.4 Å². The molecule has 1 aliphatic heterocycles. The van der Waals surface area contributed by atoms with E-state index in [2.05, 4.69) is 15.3 Å². The Morgan fingerprint density at radius 2 is 2.07 bits per heavy atom. The Bertz CT molecular complexity index is 1080. The van der Waals surface area contributed by atoms with Gasteiger partial charge in [-0.25, -0.2) is 13.8 Å². The maximum atomic E-state index is 12.9. The molecule has 8 heteroatoms. The predicted molar refractivity (Wildman–Crippen MR) is 96.2 cm³/mol. The molecule has 1 unspecified atom stereocenters. The van der Waals surface area contributed by atoms with E-state index in [1.54, 1.807) is 24.4 Å². The summed E-state index contributed by atoms with van der Waals surface area (Å²) in [5, 5.41) is 4.98. The first-order valence-corrected chi connectivity index (χ1v) is 8.64. The van der Waals surface area contributed by atoms with Crippen LogP contribution in [0.5, 0.6) is 5.88 Å². The highest BCUT2D eigenvalue weighted by molar-refractivity contribution is 6.01. The van der Waals surface area contributed by atoms with Gasteiger partial charge in [-0.1, -0.05) is 0 Å². The van der Waals surface area contributed by atoms with Crippen LogP contribution >= 0.6 is 0 Å². The van der Waals surface area contributed by atoms with Crippen LogP contribution in [-0.4, -0.2) is 34.9 Å². The van der Waals surface area contributed by atoms with E-state index in [9.17, 15) is 18.4 Å². The van der Waals surface area contributed by atoms with Crippen LogP contribution < -0.4 is 15.6 Å². The van der Waals surface area contributed by atoms with Gasteiger partial charge in [0.15, 0.2) is 0 Å². The van der Waals surface area contributed by atoms with Crippen molar-refractivity contribution in [2.45, 2.75) is 31.7 Å². The monoisotopic (exact) mass is 373 g/mol. The van der Waals surface area contributed by atoms with E-state index in [1.807, 2.05) is 0 Å². The molecule has 0 bridgehead atoms. The summed E-state index contributed by atoms with van der Waals surface area (Å²) >= 11 is 0. The van der Waals surface area contributed by atoms with Gasteiger partial charge in [0.2, 0.25) is 18.2 Å². The molecule has 1 fully saturated rings. The molecule has 0 spiro atoms. The number of hydrogen-bond acceptors (Lipinski definition) is 4. The first kappa shape index (κ1) is 17.4. The second kappa shape index (κ2) is 6.94. The second-order valence-corrected chi connectivity index (χ2v) is 6.59. The highest BCUT2D eigenvalue weighted by atomic mass is 19.3. The van der Waals surface area contributed by atoms with Crippen LogP contribution in [0.2, 0.25) is 0 Å². The standard InChI is InChI=1S/C19H17F2N3O3/c20-16(21)6-11-8-23-18(26)15-5-10-3-4-22-19(14(10)7-13(11)15)27-9-12-1-2-17(25)24-12/h3-5,7-8,12,16H,1-2,6,9H2,(H,23,26)(H,24,25). The largest absolute Gasteiger partial charge is 0.475 e. The first-order valence-electron chi connectivity index (χ1n) is 8.64. The Balaban J connectivity index is 1.76. The Morgan fingerprint density at radius 3 is 2.81 bits per heavy atom. The van der Waals surface area contributed by atoms with Crippen LogP contribution in [0.4, 0.5) is 8.78 Å². The quantitative estimate of drug-likeness (QED) is 0.673. The van der Waals surface area contributed by atoms with Crippen molar-refractivity contribution in [3.05, 3.63) is 46.5 Å². The number of nitrogens with zero attached hydrogens (tertiary/aromatic N) is 1. The number of ether oxygens (including phenoxy) is 1. The summed E-state index contributed by atoms with van der Waals surface area (Å²) in [6.45, 7) is 0.273. The van der Waals surface area contributed by atoms with Crippen LogP contribution in [0.3, 0.4) is 0 Å². The summed E-state index contributed by atoms with van der Waals surface area (Å²) in [6, 6.07) is 4.99. The highest BCUT2D eigenvalue weighted by Crippen LogP contribution is 2.29. The minimum Gasteiger partial charge on any atom is -0.475 e. The fraction of sp³-hybridized carbons (Fsp3) is 0.316. The van der Waals surface area contributed by atoms with Crippen molar-refractivity contribution < 1.29 is 18.3 Å². The molecule has 3 heterocycles. The minimum absolute atomic E-state index is 0.00339. The Hall–Kier alpha value is -3.03. The molecule has 6 nitrogen and oxygen atoms in total. The molecular weight excluding hydrogens is 356 g/mol. The normalized spacial score (nSPS) is 17.0. The molecule has 1 aliphatic rings. The molecule has 27 heavy (non-hydrogen) atoms. The van der Waals surface area contributed by atoms with Crippen LogP contribution in [0.1, 0.15) is 18.4 Å². The maximum Gasteiger partial charge on any atom is 0.255 e. The van der Waals surface area contributed by atoms with Gasteiger partial charge >= 0.3 is 0 Å². The van der Waals surface area contributed by atoms with E-state index in [1.165, 1.54) is 6.20 Å². The van der Waals surface area contributed by atoms with Gasteiger partial charge in [-0.3, -0.25) is 9.59 Å². The lowest BCUT2D eigenvalue weighted by atomic mass is 10.0. The molecule has 1 aromatic carbocycles. The summed E-state index contributed by atoms with van der Waals surface area (Å²) in [6.07, 6.45) is 1.08. The fourth-order valence-electron chi connectivity index (χ4n) is 3.39. The van der Waals surface area contributed by atoms with E-state index in [0.717, 1.165) is 5.39 Å². The van der Waals surface area contributed by atoms with Crippen LogP contribution in [-0.2, 0) is 11.2 Å². The number of aromatic amines is 1. The summed E-state index contributed by atoms with van der Waals surface area (Å²) < 4.78 is 31.6. The van der Waals surface area contributed by atoms with Crippen molar-refractivity contribution in [2.75, 3.05) is 6.61 Å². The lowest BCUT2D eigenvalue weighted by Gasteiger charge is -2.14. The Labute approximate surface area is 152 Å². The van der Waals surface area contributed by atoms with Crippen molar-refractivity contribution in [3.8, 4) is 5.88 Å². The number of nitrogens with one attached hydrogen (secondary N) is 2.